The minimum atomic E-state index is -1.24. The third-order valence-corrected chi connectivity index (χ3v) is 4.69. The molecule has 0 bridgehead atoms. The van der Waals surface area contributed by atoms with E-state index in [-0.39, 0.29) is 6.54 Å². The molecule has 0 fully saturated rings. The van der Waals surface area contributed by atoms with Gasteiger partial charge in [0.15, 0.2) is 0 Å². The first-order chi connectivity index (χ1) is 13.1. The van der Waals surface area contributed by atoms with Crippen LogP contribution in [0.4, 0.5) is 16.2 Å². The molecule has 3 heterocycles. The number of amides is 2. The van der Waals surface area contributed by atoms with Gasteiger partial charge in [0.25, 0.3) is 5.91 Å². The van der Waals surface area contributed by atoms with E-state index >= 15 is 0 Å². The molecule has 1 aromatic carbocycles. The van der Waals surface area contributed by atoms with Gasteiger partial charge in [-0.1, -0.05) is 18.2 Å². The van der Waals surface area contributed by atoms with E-state index in [0.717, 1.165) is 33.1 Å². The Morgan fingerprint density at radius 3 is 2.74 bits per heavy atom. The summed E-state index contributed by atoms with van der Waals surface area (Å²) in [5, 5.41) is 12.7. The number of carbonyl (C=O) groups excluding carboxylic acids is 1. The number of carbonyl (C=O) groups is 2. The number of H-pyrrole nitrogens is 1. The number of pyridine rings is 1. The van der Waals surface area contributed by atoms with Gasteiger partial charge in [0, 0.05) is 42.3 Å². The number of anilines is 2. The maximum atomic E-state index is 12.9. The summed E-state index contributed by atoms with van der Waals surface area (Å²) < 4.78 is 0. The predicted molar refractivity (Wildman–Crippen MR) is 101 cm³/mol. The predicted octanol–water partition coefficient (Wildman–Crippen LogP) is 3.81. The molecule has 4 rings (SSSR count). The number of rotatable bonds is 3. The molecule has 0 unspecified atom stereocenters. The van der Waals surface area contributed by atoms with E-state index in [0.29, 0.717) is 17.7 Å². The Balaban J connectivity index is 1.90. The lowest BCUT2D eigenvalue weighted by Gasteiger charge is -2.23. The van der Waals surface area contributed by atoms with E-state index in [1.165, 1.54) is 0 Å². The van der Waals surface area contributed by atoms with Crippen molar-refractivity contribution in [2.75, 3.05) is 11.9 Å². The molecule has 2 amide bonds. The van der Waals surface area contributed by atoms with Crippen molar-refractivity contribution in [2.45, 2.75) is 13.3 Å². The van der Waals surface area contributed by atoms with Gasteiger partial charge < -0.3 is 15.4 Å². The maximum absolute atomic E-state index is 12.9. The van der Waals surface area contributed by atoms with Crippen molar-refractivity contribution >= 4 is 23.4 Å². The molecule has 27 heavy (non-hydrogen) atoms. The molecule has 0 saturated carbocycles. The number of hydrogen-bond donors (Lipinski definition) is 3. The largest absolute Gasteiger partial charge is 0.465 e. The Morgan fingerprint density at radius 2 is 2.04 bits per heavy atom. The van der Waals surface area contributed by atoms with Crippen molar-refractivity contribution in [3.63, 3.8) is 0 Å². The van der Waals surface area contributed by atoms with Gasteiger partial charge in [-0.15, -0.1) is 0 Å². The smallest absolute Gasteiger partial charge is 0.414 e. The van der Waals surface area contributed by atoms with Gasteiger partial charge in [0.05, 0.1) is 16.9 Å². The number of nitrogens with zero attached hydrogens (tertiary/aromatic N) is 2. The number of hydrogen-bond acceptors (Lipinski definition) is 4. The lowest BCUT2D eigenvalue weighted by molar-refractivity contribution is 0.0728. The summed E-state index contributed by atoms with van der Waals surface area (Å²) in [5.74, 6) is -0.517. The number of aryl methyl sites for hydroxylation is 1. The molecular formula is C20H18N4O3. The number of carboxylic acid groups (broad SMARTS) is 1. The number of aromatic nitrogens is 2. The fourth-order valence-corrected chi connectivity index (χ4v) is 3.36. The second-order valence-corrected chi connectivity index (χ2v) is 6.40. The monoisotopic (exact) mass is 362 g/mol. The van der Waals surface area contributed by atoms with Crippen molar-refractivity contribution in [3.05, 3.63) is 65.6 Å². The maximum Gasteiger partial charge on any atom is 0.414 e. The van der Waals surface area contributed by atoms with E-state index in [2.05, 4.69) is 15.3 Å². The average Bonchev–Trinajstić information content (AvgIpc) is 3.02. The molecule has 1 aliphatic rings. The van der Waals surface area contributed by atoms with Crippen LogP contribution in [-0.2, 0) is 6.42 Å². The van der Waals surface area contributed by atoms with Crippen LogP contribution in [0.1, 0.15) is 21.6 Å². The minimum Gasteiger partial charge on any atom is -0.465 e. The Morgan fingerprint density at radius 1 is 1.26 bits per heavy atom. The minimum absolute atomic E-state index is 0.140. The Labute approximate surface area is 155 Å². The molecule has 0 radical (unpaired) electrons. The highest BCUT2D eigenvalue weighted by Crippen LogP contribution is 2.38. The van der Waals surface area contributed by atoms with Crippen LogP contribution in [0.5, 0.6) is 0 Å². The summed E-state index contributed by atoms with van der Waals surface area (Å²) in [7, 11) is 0. The number of fused-ring (bicyclic) bond motifs is 1. The first-order valence-corrected chi connectivity index (χ1v) is 8.59. The van der Waals surface area contributed by atoms with Crippen molar-refractivity contribution < 1.29 is 14.7 Å². The highest BCUT2D eigenvalue weighted by atomic mass is 16.4. The Kier molecular flexibility index (Phi) is 4.12. The molecule has 0 atom stereocenters. The van der Waals surface area contributed by atoms with Crippen LogP contribution in [0.25, 0.3) is 11.3 Å². The standard InChI is InChI=1S/C20H18N4O3/c1-12-11-21-9-7-14(12)17-18(22-13-5-3-2-4-6-13)16-15(23-17)8-10-24(19(16)25)20(26)27/h2-7,9,11,22-23H,8,10H2,1H3,(H,26,27). The van der Waals surface area contributed by atoms with Crippen LogP contribution >= 0.6 is 0 Å². The van der Waals surface area contributed by atoms with E-state index < -0.39 is 12.0 Å². The second-order valence-electron chi connectivity index (χ2n) is 6.40. The normalized spacial score (nSPS) is 13.4. The van der Waals surface area contributed by atoms with E-state index in [1.54, 1.807) is 12.4 Å². The molecule has 3 N–H and O–H groups in total. The molecule has 0 saturated heterocycles. The van der Waals surface area contributed by atoms with E-state index in [1.807, 2.05) is 43.3 Å². The summed E-state index contributed by atoms with van der Waals surface area (Å²) in [4.78, 5) is 32.6. The zero-order valence-corrected chi connectivity index (χ0v) is 14.7. The Bertz CT molecular complexity index is 1030. The van der Waals surface area contributed by atoms with Gasteiger partial charge in [0.1, 0.15) is 0 Å². The first-order valence-electron chi connectivity index (χ1n) is 8.59. The molecule has 136 valence electrons. The number of para-hydroxylation sites is 1. The molecule has 0 spiro atoms. The van der Waals surface area contributed by atoms with Gasteiger partial charge in [-0.2, -0.15) is 0 Å². The Hall–Kier alpha value is -3.61. The lowest BCUT2D eigenvalue weighted by atomic mass is 10.0. The average molecular weight is 362 g/mol. The van der Waals surface area contributed by atoms with Crippen LogP contribution in [0.15, 0.2) is 48.8 Å². The van der Waals surface area contributed by atoms with E-state index in [9.17, 15) is 14.7 Å². The SMILES string of the molecule is Cc1cnccc1-c1[nH]c2c(c1Nc1ccccc1)C(=O)N(C(=O)O)CC2. The van der Waals surface area contributed by atoms with Gasteiger partial charge in [-0.3, -0.25) is 9.78 Å². The quantitative estimate of drug-likeness (QED) is 0.658. The first kappa shape index (κ1) is 16.8. The summed E-state index contributed by atoms with van der Waals surface area (Å²) in [6.07, 6.45) is 2.66. The highest BCUT2D eigenvalue weighted by Gasteiger charge is 2.34. The van der Waals surface area contributed by atoms with E-state index in [4.69, 9.17) is 0 Å². The third kappa shape index (κ3) is 2.93. The number of imide groups is 1. The zero-order valence-electron chi connectivity index (χ0n) is 14.7. The topological polar surface area (TPSA) is 98.3 Å². The molecule has 2 aromatic heterocycles. The molecule has 1 aliphatic heterocycles. The lowest BCUT2D eigenvalue weighted by Crippen LogP contribution is -2.41. The van der Waals surface area contributed by atoms with Crippen LogP contribution in [0.2, 0.25) is 0 Å². The van der Waals surface area contributed by atoms with Crippen LogP contribution in [0.3, 0.4) is 0 Å². The molecule has 7 heteroatoms. The van der Waals surface area contributed by atoms with Crippen molar-refractivity contribution in [1.82, 2.24) is 14.9 Å². The summed E-state index contributed by atoms with van der Waals surface area (Å²) in [6.45, 7) is 2.08. The van der Waals surface area contributed by atoms with Crippen molar-refractivity contribution in [3.8, 4) is 11.3 Å². The van der Waals surface area contributed by atoms with Gasteiger partial charge in [0.2, 0.25) is 0 Å². The zero-order chi connectivity index (χ0) is 19.0. The molecule has 3 aromatic rings. The fourth-order valence-electron chi connectivity index (χ4n) is 3.36. The molecular weight excluding hydrogens is 344 g/mol. The highest BCUT2D eigenvalue weighted by molar-refractivity contribution is 6.10. The third-order valence-electron chi connectivity index (χ3n) is 4.69. The molecule has 0 aliphatic carbocycles. The van der Waals surface area contributed by atoms with Gasteiger partial charge >= 0.3 is 6.09 Å². The van der Waals surface area contributed by atoms with Gasteiger partial charge in [-0.25, -0.2) is 9.69 Å². The van der Waals surface area contributed by atoms with Gasteiger partial charge in [-0.05, 0) is 30.7 Å². The number of nitrogens with one attached hydrogen (secondary N) is 2. The van der Waals surface area contributed by atoms with Crippen molar-refractivity contribution in [2.24, 2.45) is 0 Å². The van der Waals surface area contributed by atoms with Crippen molar-refractivity contribution in [1.29, 1.82) is 0 Å². The van der Waals surface area contributed by atoms with Crippen LogP contribution < -0.4 is 5.32 Å². The number of aromatic amines is 1. The summed E-state index contributed by atoms with van der Waals surface area (Å²) in [5.41, 5.74) is 5.13. The fraction of sp³-hybridized carbons (Fsp3) is 0.150. The van der Waals surface area contributed by atoms with Crippen LogP contribution in [-0.4, -0.2) is 38.5 Å². The summed E-state index contributed by atoms with van der Waals surface area (Å²) >= 11 is 0. The molecule has 7 nitrogen and oxygen atoms in total. The second kappa shape index (κ2) is 6.60. The summed E-state index contributed by atoms with van der Waals surface area (Å²) in [6, 6.07) is 11.4. The van der Waals surface area contributed by atoms with Crippen LogP contribution in [0, 0.1) is 6.92 Å². The number of benzene rings is 1.